The third kappa shape index (κ3) is 3.81. The minimum Gasteiger partial charge on any atom is -0.258 e. The van der Waals surface area contributed by atoms with Gasteiger partial charge in [-0.15, -0.1) is 0 Å². The number of rotatable bonds is 4. The molecule has 0 spiro atoms. The van der Waals surface area contributed by atoms with Gasteiger partial charge in [-0.3, -0.25) is 10.1 Å². The number of allylic oxidation sites excluding steroid dienone is 1. The number of nitrogens with zero attached hydrogens (tertiary/aromatic N) is 2. The van der Waals surface area contributed by atoms with Crippen LogP contribution in [0.15, 0.2) is 59.5 Å². The lowest BCUT2D eigenvalue weighted by Gasteiger charge is -2.08. The zero-order valence-corrected chi connectivity index (χ0v) is 12.9. The maximum Gasteiger partial charge on any atom is 0.269 e. The van der Waals surface area contributed by atoms with Gasteiger partial charge < -0.3 is 0 Å². The summed E-state index contributed by atoms with van der Waals surface area (Å²) in [4.78, 5) is 10.4. The summed E-state index contributed by atoms with van der Waals surface area (Å²) in [6, 6.07) is 13.8. The second-order valence-electron chi connectivity index (χ2n) is 4.79. The van der Waals surface area contributed by atoms with Gasteiger partial charge in [-0.1, -0.05) is 12.1 Å². The molecule has 2 aromatic rings. The third-order valence-electron chi connectivity index (χ3n) is 3.19. The monoisotopic (exact) mass is 328 g/mol. The van der Waals surface area contributed by atoms with E-state index in [9.17, 15) is 18.5 Å². The molecule has 0 atom stereocenters. The number of hydrogen-bond acceptors (Lipinski definition) is 5. The number of sulfone groups is 1. The first-order chi connectivity index (χ1) is 10.8. The Labute approximate surface area is 133 Å². The average molecular weight is 328 g/mol. The van der Waals surface area contributed by atoms with Crippen molar-refractivity contribution in [2.75, 3.05) is 6.26 Å². The van der Waals surface area contributed by atoms with Crippen molar-refractivity contribution in [2.24, 2.45) is 0 Å². The summed E-state index contributed by atoms with van der Waals surface area (Å²) in [5.41, 5.74) is 1.79. The molecule has 0 fully saturated rings. The Morgan fingerprint density at radius 2 is 1.57 bits per heavy atom. The first-order valence-electron chi connectivity index (χ1n) is 6.48. The van der Waals surface area contributed by atoms with Crippen LogP contribution in [0.3, 0.4) is 0 Å². The number of hydrogen-bond donors (Lipinski definition) is 0. The van der Waals surface area contributed by atoms with E-state index in [4.69, 9.17) is 5.26 Å². The van der Waals surface area contributed by atoms with Gasteiger partial charge in [-0.25, -0.2) is 8.42 Å². The minimum absolute atomic E-state index is 0.0440. The zero-order valence-electron chi connectivity index (χ0n) is 12.1. The predicted octanol–water partition coefficient (Wildman–Crippen LogP) is 2.95. The van der Waals surface area contributed by atoms with Crippen LogP contribution in [-0.2, 0) is 9.84 Å². The number of benzene rings is 2. The van der Waals surface area contributed by atoms with Gasteiger partial charge >= 0.3 is 0 Å². The van der Waals surface area contributed by atoms with Crippen LogP contribution < -0.4 is 0 Å². The molecule has 0 aliphatic heterocycles. The second-order valence-corrected chi connectivity index (χ2v) is 6.80. The summed E-state index contributed by atoms with van der Waals surface area (Å²) in [6.07, 6.45) is 2.43. The van der Waals surface area contributed by atoms with Gasteiger partial charge in [0.25, 0.3) is 5.69 Å². The van der Waals surface area contributed by atoms with E-state index in [1.54, 1.807) is 24.3 Å². The van der Waals surface area contributed by atoms with Gasteiger partial charge in [0.1, 0.15) is 0 Å². The molecule has 0 saturated heterocycles. The van der Waals surface area contributed by atoms with Crippen LogP contribution in [0.1, 0.15) is 11.1 Å². The van der Waals surface area contributed by atoms with Crippen molar-refractivity contribution in [1.82, 2.24) is 0 Å². The lowest BCUT2D eigenvalue weighted by molar-refractivity contribution is -0.384. The van der Waals surface area contributed by atoms with Crippen molar-refractivity contribution in [2.45, 2.75) is 4.90 Å². The molecule has 23 heavy (non-hydrogen) atoms. The van der Waals surface area contributed by atoms with Crippen molar-refractivity contribution in [3.05, 3.63) is 75.8 Å². The molecular formula is C16H12N2O4S. The van der Waals surface area contributed by atoms with Crippen molar-refractivity contribution in [1.29, 1.82) is 5.26 Å². The summed E-state index contributed by atoms with van der Waals surface area (Å²) in [5.74, 6) is 0. The fraction of sp³-hybridized carbons (Fsp3) is 0.0625. The molecule has 0 aliphatic rings. The highest BCUT2D eigenvalue weighted by molar-refractivity contribution is 7.90. The Bertz CT molecular complexity index is 906. The fourth-order valence-electron chi connectivity index (χ4n) is 2.04. The number of nitriles is 1. The normalized spacial score (nSPS) is 11.7. The topological polar surface area (TPSA) is 101 Å². The maximum atomic E-state index is 11.5. The van der Waals surface area contributed by atoms with E-state index >= 15 is 0 Å². The molecule has 0 heterocycles. The van der Waals surface area contributed by atoms with Crippen molar-refractivity contribution >= 4 is 21.1 Å². The molecular weight excluding hydrogens is 316 g/mol. The summed E-state index contributed by atoms with van der Waals surface area (Å²) >= 11 is 0. The Morgan fingerprint density at radius 1 is 1.09 bits per heavy atom. The van der Waals surface area contributed by atoms with Gasteiger partial charge in [0.05, 0.1) is 15.9 Å². The summed E-state index contributed by atoms with van der Waals surface area (Å²) in [7, 11) is -3.30. The van der Waals surface area contributed by atoms with E-state index in [0.717, 1.165) is 6.26 Å². The van der Waals surface area contributed by atoms with E-state index < -0.39 is 14.8 Å². The smallest absolute Gasteiger partial charge is 0.258 e. The van der Waals surface area contributed by atoms with E-state index in [0.29, 0.717) is 16.7 Å². The lowest BCUT2D eigenvalue weighted by atomic mass is 9.97. The first-order valence-corrected chi connectivity index (χ1v) is 8.37. The van der Waals surface area contributed by atoms with Gasteiger partial charge in [-0.05, 0) is 41.0 Å². The minimum atomic E-state index is -3.30. The van der Waals surface area contributed by atoms with E-state index in [-0.39, 0.29) is 10.6 Å². The molecule has 0 aliphatic carbocycles. The number of nitro benzene ring substituents is 1. The highest BCUT2D eigenvalue weighted by atomic mass is 32.2. The van der Waals surface area contributed by atoms with Crippen LogP contribution in [0, 0.1) is 21.4 Å². The molecule has 2 aromatic carbocycles. The molecule has 0 saturated carbocycles. The van der Waals surface area contributed by atoms with Gasteiger partial charge in [0, 0.05) is 24.5 Å². The molecule has 2 rings (SSSR count). The standard InChI is InChI=1S/C16H12N2O4S/c1-23(21,22)15-8-4-13(5-9-15)16(10-11-17)12-2-6-14(7-3-12)18(19)20/h2-10H,1H3. The molecule has 0 N–H and O–H groups in total. The van der Waals surface area contributed by atoms with Crippen molar-refractivity contribution in [3.8, 4) is 6.07 Å². The van der Waals surface area contributed by atoms with Crippen molar-refractivity contribution in [3.63, 3.8) is 0 Å². The van der Waals surface area contributed by atoms with Crippen LogP contribution in [0.5, 0.6) is 0 Å². The van der Waals surface area contributed by atoms with Gasteiger partial charge in [0.15, 0.2) is 9.84 Å². The molecule has 116 valence electrons. The molecule has 6 nitrogen and oxygen atoms in total. The van der Waals surface area contributed by atoms with Crippen LogP contribution >= 0.6 is 0 Å². The van der Waals surface area contributed by atoms with Gasteiger partial charge in [-0.2, -0.15) is 5.26 Å². The van der Waals surface area contributed by atoms with E-state index in [2.05, 4.69) is 0 Å². The van der Waals surface area contributed by atoms with E-state index in [1.807, 2.05) is 6.07 Å². The molecule has 0 unspecified atom stereocenters. The van der Waals surface area contributed by atoms with Crippen LogP contribution in [0.2, 0.25) is 0 Å². The van der Waals surface area contributed by atoms with Crippen LogP contribution in [-0.4, -0.2) is 19.6 Å². The van der Waals surface area contributed by atoms with Crippen LogP contribution in [0.4, 0.5) is 5.69 Å². The zero-order chi connectivity index (χ0) is 17.0. The average Bonchev–Trinajstić information content (AvgIpc) is 2.52. The largest absolute Gasteiger partial charge is 0.269 e. The Kier molecular flexibility index (Phi) is 4.57. The predicted molar refractivity (Wildman–Crippen MR) is 85.3 cm³/mol. The van der Waals surface area contributed by atoms with E-state index in [1.165, 1.54) is 30.3 Å². The third-order valence-corrected chi connectivity index (χ3v) is 4.32. The fourth-order valence-corrected chi connectivity index (χ4v) is 2.67. The Hall–Kier alpha value is -2.98. The maximum absolute atomic E-state index is 11.5. The molecule has 0 bridgehead atoms. The number of non-ortho nitro benzene ring substituents is 1. The Balaban J connectivity index is 2.45. The molecule has 0 aromatic heterocycles. The highest BCUT2D eigenvalue weighted by Crippen LogP contribution is 2.26. The summed E-state index contributed by atoms with van der Waals surface area (Å²) in [6.45, 7) is 0. The molecule has 7 heteroatoms. The first kappa shape index (κ1) is 16.4. The van der Waals surface area contributed by atoms with Crippen molar-refractivity contribution < 1.29 is 13.3 Å². The van der Waals surface area contributed by atoms with Gasteiger partial charge in [0.2, 0.25) is 0 Å². The second kappa shape index (κ2) is 6.42. The lowest BCUT2D eigenvalue weighted by Crippen LogP contribution is -1.97. The van der Waals surface area contributed by atoms with Crippen LogP contribution in [0.25, 0.3) is 5.57 Å². The molecule has 0 amide bonds. The summed E-state index contributed by atoms with van der Waals surface area (Å²) in [5, 5.41) is 19.6. The number of nitro groups is 1. The Morgan fingerprint density at radius 3 is 1.96 bits per heavy atom. The summed E-state index contributed by atoms with van der Waals surface area (Å²) < 4.78 is 23.0. The SMILES string of the molecule is CS(=O)(=O)c1ccc(C(=CC#N)c2ccc([N+](=O)[O-])cc2)cc1. The highest BCUT2D eigenvalue weighted by Gasteiger charge is 2.11. The quantitative estimate of drug-likeness (QED) is 0.488. The molecule has 0 radical (unpaired) electrons.